The minimum atomic E-state index is -0.303. The van der Waals surface area contributed by atoms with Crippen molar-refractivity contribution in [3.63, 3.8) is 0 Å². The van der Waals surface area contributed by atoms with E-state index in [0.717, 1.165) is 24.1 Å². The second-order valence-corrected chi connectivity index (χ2v) is 7.76. The average Bonchev–Trinajstić information content (AvgIpc) is 3.42. The van der Waals surface area contributed by atoms with Crippen molar-refractivity contribution >= 4 is 29.2 Å². The molecule has 0 unspecified atom stereocenters. The van der Waals surface area contributed by atoms with Gasteiger partial charge >= 0.3 is 0 Å². The quantitative estimate of drug-likeness (QED) is 0.496. The Balaban J connectivity index is 1.53. The third-order valence-electron chi connectivity index (χ3n) is 4.62. The third kappa shape index (κ3) is 6.32. The molecule has 5 nitrogen and oxygen atoms in total. The van der Waals surface area contributed by atoms with Crippen molar-refractivity contribution in [2.45, 2.75) is 38.2 Å². The Morgan fingerprint density at radius 1 is 1.11 bits per heavy atom. The highest BCUT2D eigenvalue weighted by Crippen LogP contribution is 2.20. The molecule has 1 aromatic carbocycles. The van der Waals surface area contributed by atoms with Gasteiger partial charge in [0.15, 0.2) is 0 Å². The minimum Gasteiger partial charge on any atom is -0.378 e. The molecule has 0 radical (unpaired) electrons. The van der Waals surface area contributed by atoms with Crippen LogP contribution >= 0.6 is 11.3 Å². The van der Waals surface area contributed by atoms with E-state index in [0.29, 0.717) is 24.8 Å². The van der Waals surface area contributed by atoms with Crippen molar-refractivity contribution in [3.8, 4) is 0 Å². The van der Waals surface area contributed by atoms with Gasteiger partial charge in [-0.1, -0.05) is 37.1 Å². The Morgan fingerprint density at radius 2 is 1.89 bits per heavy atom. The topological polar surface area (TPSA) is 67.4 Å². The van der Waals surface area contributed by atoms with E-state index >= 15 is 0 Å². The van der Waals surface area contributed by atoms with E-state index in [1.165, 1.54) is 24.2 Å². The van der Waals surface area contributed by atoms with E-state index in [1.54, 1.807) is 30.3 Å². The molecule has 0 aliphatic heterocycles. The summed E-state index contributed by atoms with van der Waals surface area (Å²) >= 11 is 1.51. The standard InChI is InChI=1S/C22H26N2O3S/c25-21(17-8-2-1-3-9-17)24-20(16-19-12-6-15-28-19)22(26)23-13-7-14-27-18-10-4-5-11-18/h1-3,6,8-9,12,15-16,18H,4-5,7,10-11,13-14H2,(H,23,26)(H,24,25)/b20-16-. The van der Waals surface area contributed by atoms with Crippen molar-refractivity contribution in [1.82, 2.24) is 10.6 Å². The second kappa shape index (κ2) is 10.8. The fraction of sp³-hybridized carbons (Fsp3) is 0.364. The summed E-state index contributed by atoms with van der Waals surface area (Å²) in [7, 11) is 0. The number of hydrogen-bond donors (Lipinski definition) is 2. The molecule has 1 aromatic heterocycles. The van der Waals surface area contributed by atoms with Gasteiger partial charge in [-0.3, -0.25) is 9.59 Å². The van der Waals surface area contributed by atoms with Crippen LogP contribution in [0.5, 0.6) is 0 Å². The zero-order valence-electron chi connectivity index (χ0n) is 15.9. The summed E-state index contributed by atoms with van der Waals surface area (Å²) in [6.45, 7) is 1.15. The molecule has 2 N–H and O–H groups in total. The van der Waals surface area contributed by atoms with Gasteiger partial charge in [-0.05, 0) is 48.9 Å². The predicted molar refractivity (Wildman–Crippen MR) is 112 cm³/mol. The number of rotatable bonds is 9. The summed E-state index contributed by atoms with van der Waals surface area (Å²) < 4.78 is 5.82. The molecule has 0 saturated heterocycles. The summed E-state index contributed by atoms with van der Waals surface area (Å²) in [6, 6.07) is 12.7. The minimum absolute atomic E-state index is 0.244. The molecule has 2 aromatic rings. The summed E-state index contributed by atoms with van der Waals surface area (Å²) in [5, 5.41) is 7.55. The van der Waals surface area contributed by atoms with Gasteiger partial charge in [-0.15, -0.1) is 11.3 Å². The second-order valence-electron chi connectivity index (χ2n) is 6.78. The van der Waals surface area contributed by atoms with Gasteiger partial charge in [0.1, 0.15) is 5.70 Å². The number of thiophene rings is 1. The van der Waals surface area contributed by atoms with Gasteiger partial charge in [-0.2, -0.15) is 0 Å². The van der Waals surface area contributed by atoms with Crippen LogP contribution in [-0.2, 0) is 9.53 Å². The van der Waals surface area contributed by atoms with Crippen LogP contribution in [0.2, 0.25) is 0 Å². The molecule has 0 spiro atoms. The van der Waals surface area contributed by atoms with Gasteiger partial charge in [-0.25, -0.2) is 0 Å². The van der Waals surface area contributed by atoms with Gasteiger partial charge in [0, 0.05) is 23.6 Å². The van der Waals surface area contributed by atoms with Crippen molar-refractivity contribution in [2.24, 2.45) is 0 Å². The SMILES string of the molecule is O=C(NCCCOC1CCCC1)/C(=C/c1cccs1)NC(=O)c1ccccc1. The zero-order chi connectivity index (χ0) is 19.6. The number of carbonyl (C=O) groups is 2. The lowest BCUT2D eigenvalue weighted by Crippen LogP contribution is -2.35. The first-order valence-corrected chi connectivity index (χ1v) is 10.6. The molecule has 1 aliphatic carbocycles. The van der Waals surface area contributed by atoms with Crippen LogP contribution in [0.4, 0.5) is 0 Å². The maximum absolute atomic E-state index is 12.6. The first-order valence-electron chi connectivity index (χ1n) is 9.74. The average molecular weight is 399 g/mol. The van der Waals surface area contributed by atoms with Crippen molar-refractivity contribution in [3.05, 3.63) is 64.0 Å². The molecular formula is C22H26N2O3S. The van der Waals surface area contributed by atoms with Crippen LogP contribution in [0, 0.1) is 0 Å². The maximum Gasteiger partial charge on any atom is 0.267 e. The van der Waals surface area contributed by atoms with Crippen LogP contribution < -0.4 is 10.6 Å². The number of nitrogens with one attached hydrogen (secondary N) is 2. The van der Waals surface area contributed by atoms with Gasteiger partial charge in [0.2, 0.25) is 0 Å². The van der Waals surface area contributed by atoms with Gasteiger partial charge in [0.05, 0.1) is 6.10 Å². The molecule has 2 amide bonds. The van der Waals surface area contributed by atoms with E-state index in [9.17, 15) is 9.59 Å². The largest absolute Gasteiger partial charge is 0.378 e. The molecule has 1 saturated carbocycles. The van der Waals surface area contributed by atoms with Crippen molar-refractivity contribution < 1.29 is 14.3 Å². The number of amides is 2. The van der Waals surface area contributed by atoms with E-state index in [-0.39, 0.29) is 17.5 Å². The van der Waals surface area contributed by atoms with E-state index < -0.39 is 0 Å². The van der Waals surface area contributed by atoms with Crippen LogP contribution in [-0.4, -0.2) is 31.1 Å². The maximum atomic E-state index is 12.6. The first kappa shape index (κ1) is 20.3. The highest BCUT2D eigenvalue weighted by molar-refractivity contribution is 7.10. The molecular weight excluding hydrogens is 372 g/mol. The van der Waals surface area contributed by atoms with E-state index in [4.69, 9.17) is 4.74 Å². The molecule has 1 heterocycles. The molecule has 1 aliphatic rings. The fourth-order valence-electron chi connectivity index (χ4n) is 3.13. The number of benzene rings is 1. The Bertz CT molecular complexity index is 781. The molecule has 0 atom stereocenters. The van der Waals surface area contributed by atoms with Crippen LogP contribution in [0.15, 0.2) is 53.5 Å². The Labute approximate surface area is 169 Å². The first-order chi connectivity index (χ1) is 13.7. The van der Waals surface area contributed by atoms with Crippen LogP contribution in [0.1, 0.15) is 47.3 Å². The molecule has 28 heavy (non-hydrogen) atoms. The molecule has 6 heteroatoms. The monoisotopic (exact) mass is 398 g/mol. The highest BCUT2D eigenvalue weighted by atomic mass is 32.1. The van der Waals surface area contributed by atoms with Gasteiger partial charge in [0.25, 0.3) is 11.8 Å². The zero-order valence-corrected chi connectivity index (χ0v) is 16.7. The molecule has 0 bridgehead atoms. The normalized spacial score (nSPS) is 14.8. The van der Waals surface area contributed by atoms with Crippen LogP contribution in [0.3, 0.4) is 0 Å². The Kier molecular flexibility index (Phi) is 7.82. The van der Waals surface area contributed by atoms with Gasteiger partial charge < -0.3 is 15.4 Å². The van der Waals surface area contributed by atoms with Crippen molar-refractivity contribution in [2.75, 3.05) is 13.2 Å². The lowest BCUT2D eigenvalue weighted by atomic mass is 10.2. The molecule has 1 fully saturated rings. The number of carbonyl (C=O) groups excluding carboxylic acids is 2. The lowest BCUT2D eigenvalue weighted by Gasteiger charge is -2.13. The third-order valence-corrected chi connectivity index (χ3v) is 5.44. The van der Waals surface area contributed by atoms with E-state index in [2.05, 4.69) is 10.6 Å². The number of ether oxygens (including phenoxy) is 1. The Morgan fingerprint density at radius 3 is 2.61 bits per heavy atom. The predicted octanol–water partition coefficient (Wildman–Crippen LogP) is 3.98. The molecule has 148 valence electrons. The number of hydrogen-bond acceptors (Lipinski definition) is 4. The lowest BCUT2D eigenvalue weighted by molar-refractivity contribution is -0.117. The van der Waals surface area contributed by atoms with Crippen molar-refractivity contribution in [1.29, 1.82) is 0 Å². The summed E-state index contributed by atoms with van der Waals surface area (Å²) in [5.74, 6) is -0.596. The van der Waals surface area contributed by atoms with E-state index in [1.807, 2.05) is 23.6 Å². The smallest absolute Gasteiger partial charge is 0.267 e. The Hall–Kier alpha value is -2.44. The summed E-state index contributed by atoms with van der Waals surface area (Å²) in [6.07, 6.45) is 7.63. The fourth-order valence-corrected chi connectivity index (χ4v) is 3.79. The summed E-state index contributed by atoms with van der Waals surface area (Å²) in [5.41, 5.74) is 0.755. The van der Waals surface area contributed by atoms with Crippen LogP contribution in [0.25, 0.3) is 6.08 Å². The summed E-state index contributed by atoms with van der Waals surface area (Å²) in [4.78, 5) is 26.0. The highest BCUT2D eigenvalue weighted by Gasteiger charge is 2.16. The molecule has 3 rings (SSSR count).